The first-order valence-corrected chi connectivity index (χ1v) is 12.6. The Labute approximate surface area is 255 Å². The molecule has 1 saturated heterocycles. The van der Waals surface area contributed by atoms with Crippen molar-refractivity contribution in [1.82, 2.24) is 0 Å². The van der Waals surface area contributed by atoms with Crippen molar-refractivity contribution in [3.63, 3.8) is 0 Å². The Kier molecular flexibility index (Phi) is 8.79. The lowest BCUT2D eigenvalue weighted by molar-refractivity contribution is -0.342. The van der Waals surface area contributed by atoms with Crippen LogP contribution in [0.25, 0.3) is 0 Å². The maximum absolute atomic E-state index is 12.9. The number of benzene rings is 3. The second-order valence-electron chi connectivity index (χ2n) is 9.76. The fourth-order valence-corrected chi connectivity index (χ4v) is 4.16. The third-order valence-electron chi connectivity index (χ3n) is 6.57. The van der Waals surface area contributed by atoms with Crippen LogP contribution in [-0.2, 0) is 18.9 Å². The second kappa shape index (κ2) is 12.2. The molecule has 3 aromatic carbocycles. The van der Waals surface area contributed by atoms with Gasteiger partial charge in [0, 0.05) is 0 Å². The normalized spacial score (nSPS) is 22.5. The van der Waals surface area contributed by atoms with E-state index in [0.717, 1.165) is 0 Å². The standard InChI is InChI=1S/C27H25NO18/c28-27(46-26(42)10-5-15(33)20(37)16(34)6-10)23(39)22(44-25(41)9-3-13(31)19(36)14(32)4-9)21(38)17(45-27)7-43-24(40)8-1-11(29)18(35)12(30)2-8/h1-6,17,21-23,29-39H,7,28H2/t17-,21-,22+,23-,27+/m1/s1. The minimum Gasteiger partial charge on any atom is -0.504 e. The lowest BCUT2D eigenvalue weighted by atomic mass is 9.96. The lowest BCUT2D eigenvalue weighted by Crippen LogP contribution is -2.71. The molecule has 46 heavy (non-hydrogen) atoms. The number of rotatable bonds is 7. The molecule has 19 heteroatoms. The van der Waals surface area contributed by atoms with Crippen LogP contribution < -0.4 is 5.73 Å². The molecule has 0 spiro atoms. The Morgan fingerprint density at radius 1 is 0.652 bits per heavy atom. The average Bonchev–Trinajstić information content (AvgIpc) is 2.99. The number of carbonyl (C=O) groups excluding carboxylic acids is 3. The summed E-state index contributed by atoms with van der Waals surface area (Å²) in [4.78, 5) is 38.3. The maximum Gasteiger partial charge on any atom is 0.342 e. The van der Waals surface area contributed by atoms with Gasteiger partial charge in [0.25, 0.3) is 0 Å². The number of aliphatic hydroxyl groups is 2. The molecule has 1 aliphatic heterocycles. The number of nitrogens with two attached hydrogens (primary N) is 1. The summed E-state index contributed by atoms with van der Waals surface area (Å²) in [5.41, 5.74) is 4.22. The fourth-order valence-electron chi connectivity index (χ4n) is 4.16. The van der Waals surface area contributed by atoms with Crippen LogP contribution in [-0.4, -0.2) is 111 Å². The van der Waals surface area contributed by atoms with E-state index in [9.17, 15) is 70.6 Å². The molecule has 5 atom stereocenters. The first-order chi connectivity index (χ1) is 21.4. The Morgan fingerprint density at radius 3 is 1.43 bits per heavy atom. The molecule has 3 aromatic rings. The zero-order chi connectivity index (χ0) is 34.2. The zero-order valence-corrected chi connectivity index (χ0v) is 22.8. The topological polar surface area (TPSA) is 337 Å². The minimum absolute atomic E-state index is 0.509. The Bertz CT molecular complexity index is 1640. The number of carbonyl (C=O) groups is 3. The van der Waals surface area contributed by atoms with Gasteiger partial charge in [-0.15, -0.1) is 0 Å². The summed E-state index contributed by atoms with van der Waals surface area (Å²) in [7, 11) is 0. The van der Waals surface area contributed by atoms with Gasteiger partial charge in [-0.3, -0.25) is 5.73 Å². The van der Waals surface area contributed by atoms with Crippen LogP contribution in [0.4, 0.5) is 0 Å². The van der Waals surface area contributed by atoms with Crippen molar-refractivity contribution >= 4 is 17.9 Å². The Balaban J connectivity index is 1.64. The SMILES string of the molecule is N[C@]1(OC(=O)c2cc(O)c(O)c(O)c2)O[C@H](COC(=O)c2cc(O)c(O)c(O)c2)[C@@H](O)[C@H](OC(=O)c2cc(O)c(O)c(O)c2)[C@H]1O. The summed E-state index contributed by atoms with van der Waals surface area (Å²) in [5, 5.41) is 109. The molecule has 0 unspecified atom stereocenters. The Morgan fingerprint density at radius 2 is 1.02 bits per heavy atom. The number of phenols is 9. The average molecular weight is 651 g/mol. The zero-order valence-electron chi connectivity index (χ0n) is 22.8. The Hall–Kier alpha value is -5.89. The smallest absolute Gasteiger partial charge is 0.342 e. The van der Waals surface area contributed by atoms with E-state index in [1.807, 2.05) is 0 Å². The highest BCUT2D eigenvalue weighted by Gasteiger charge is 2.57. The summed E-state index contributed by atoms with van der Waals surface area (Å²) in [5.74, 6) is -15.9. The van der Waals surface area contributed by atoms with Crippen molar-refractivity contribution in [2.45, 2.75) is 30.3 Å². The predicted molar refractivity (Wildman–Crippen MR) is 143 cm³/mol. The predicted octanol–water partition coefficient (Wildman–Crippen LogP) is -0.991. The summed E-state index contributed by atoms with van der Waals surface area (Å²) in [6, 6.07) is 3.99. The highest BCUT2D eigenvalue weighted by molar-refractivity contribution is 5.92. The van der Waals surface area contributed by atoms with E-state index in [1.54, 1.807) is 0 Å². The fraction of sp³-hybridized carbons (Fsp3) is 0.222. The van der Waals surface area contributed by atoms with E-state index in [0.29, 0.717) is 36.4 Å². The van der Waals surface area contributed by atoms with Gasteiger partial charge in [-0.2, -0.15) is 0 Å². The van der Waals surface area contributed by atoms with E-state index < -0.39 is 123 Å². The number of hydrogen-bond donors (Lipinski definition) is 12. The monoisotopic (exact) mass is 651 g/mol. The summed E-state index contributed by atoms with van der Waals surface area (Å²) < 4.78 is 20.5. The third-order valence-corrected chi connectivity index (χ3v) is 6.57. The molecule has 13 N–H and O–H groups in total. The van der Waals surface area contributed by atoms with Gasteiger partial charge in [0.2, 0.25) is 0 Å². The lowest BCUT2D eigenvalue weighted by Gasteiger charge is -2.46. The van der Waals surface area contributed by atoms with Gasteiger partial charge in [0.1, 0.15) is 18.8 Å². The molecular weight excluding hydrogens is 626 g/mol. The first-order valence-electron chi connectivity index (χ1n) is 12.6. The van der Waals surface area contributed by atoms with E-state index in [1.165, 1.54) is 0 Å². The van der Waals surface area contributed by atoms with Crippen LogP contribution in [0.15, 0.2) is 36.4 Å². The summed E-state index contributed by atoms with van der Waals surface area (Å²) in [6.45, 7) is -1.01. The highest BCUT2D eigenvalue weighted by atomic mass is 16.8. The van der Waals surface area contributed by atoms with Crippen LogP contribution in [0.1, 0.15) is 31.1 Å². The molecule has 0 amide bonds. The van der Waals surface area contributed by atoms with Crippen LogP contribution in [0.2, 0.25) is 0 Å². The van der Waals surface area contributed by atoms with Crippen molar-refractivity contribution in [3.05, 3.63) is 53.1 Å². The molecule has 1 heterocycles. The maximum atomic E-state index is 12.9. The highest BCUT2D eigenvalue weighted by Crippen LogP contribution is 2.39. The number of aliphatic hydroxyl groups excluding tert-OH is 2. The summed E-state index contributed by atoms with van der Waals surface area (Å²) >= 11 is 0. The number of esters is 3. The number of phenolic OH excluding ortho intramolecular Hbond substituents is 9. The quantitative estimate of drug-likeness (QED) is 0.0631. The molecule has 1 aliphatic rings. The van der Waals surface area contributed by atoms with Crippen molar-refractivity contribution in [2.75, 3.05) is 6.61 Å². The molecule has 246 valence electrons. The first kappa shape index (κ1) is 33.0. The molecule has 4 rings (SSSR count). The molecule has 0 radical (unpaired) electrons. The van der Waals surface area contributed by atoms with Gasteiger partial charge in [-0.05, 0) is 36.4 Å². The van der Waals surface area contributed by atoms with Crippen LogP contribution in [0.5, 0.6) is 51.7 Å². The van der Waals surface area contributed by atoms with Crippen molar-refractivity contribution in [2.24, 2.45) is 5.73 Å². The molecular formula is C27H25NO18. The number of aromatic hydroxyl groups is 9. The van der Waals surface area contributed by atoms with Crippen molar-refractivity contribution in [3.8, 4) is 51.7 Å². The van der Waals surface area contributed by atoms with E-state index in [4.69, 9.17) is 24.7 Å². The van der Waals surface area contributed by atoms with E-state index in [2.05, 4.69) is 0 Å². The number of ether oxygens (including phenoxy) is 4. The van der Waals surface area contributed by atoms with Gasteiger partial charge in [-0.1, -0.05) is 0 Å². The van der Waals surface area contributed by atoms with E-state index in [-0.39, 0.29) is 0 Å². The largest absolute Gasteiger partial charge is 0.504 e. The van der Waals surface area contributed by atoms with Crippen molar-refractivity contribution < 1.29 is 89.5 Å². The van der Waals surface area contributed by atoms with Crippen molar-refractivity contribution in [1.29, 1.82) is 0 Å². The van der Waals surface area contributed by atoms with Gasteiger partial charge < -0.3 is 75.1 Å². The third kappa shape index (κ3) is 6.32. The number of hydrogen-bond acceptors (Lipinski definition) is 19. The summed E-state index contributed by atoms with van der Waals surface area (Å²) in [6.07, 6.45) is -8.73. The molecule has 0 saturated carbocycles. The minimum atomic E-state index is -3.07. The second-order valence-corrected chi connectivity index (χ2v) is 9.76. The molecule has 19 nitrogen and oxygen atoms in total. The van der Waals surface area contributed by atoms with Crippen LogP contribution >= 0.6 is 0 Å². The van der Waals surface area contributed by atoms with E-state index >= 15 is 0 Å². The van der Waals surface area contributed by atoms with Crippen LogP contribution in [0.3, 0.4) is 0 Å². The molecule has 0 aliphatic carbocycles. The van der Waals surface area contributed by atoms with Gasteiger partial charge in [-0.25, -0.2) is 14.4 Å². The van der Waals surface area contributed by atoms with Gasteiger partial charge in [0.15, 0.2) is 64.0 Å². The van der Waals surface area contributed by atoms with Gasteiger partial charge in [0.05, 0.1) is 16.7 Å². The molecule has 0 bridgehead atoms. The molecule has 1 fully saturated rings. The van der Waals surface area contributed by atoms with Gasteiger partial charge >= 0.3 is 23.8 Å². The molecule has 0 aromatic heterocycles. The van der Waals surface area contributed by atoms with Crippen LogP contribution in [0, 0.1) is 0 Å².